The van der Waals surface area contributed by atoms with E-state index in [9.17, 15) is 4.79 Å². The monoisotopic (exact) mass is 360 g/mol. The molecule has 27 heavy (non-hydrogen) atoms. The van der Waals surface area contributed by atoms with E-state index in [4.69, 9.17) is 14.2 Å². The molecular formula is C23H20O4. The lowest BCUT2D eigenvalue weighted by Gasteiger charge is -2.11. The van der Waals surface area contributed by atoms with Gasteiger partial charge in [0, 0.05) is 11.6 Å². The highest BCUT2D eigenvalue weighted by Gasteiger charge is 2.06. The third-order valence-corrected chi connectivity index (χ3v) is 3.84. The van der Waals surface area contributed by atoms with Gasteiger partial charge in [-0.1, -0.05) is 48.5 Å². The summed E-state index contributed by atoms with van der Waals surface area (Å²) in [7, 11) is 1.61. The summed E-state index contributed by atoms with van der Waals surface area (Å²) >= 11 is 0. The van der Waals surface area contributed by atoms with E-state index >= 15 is 0 Å². The van der Waals surface area contributed by atoms with E-state index in [2.05, 4.69) is 0 Å². The van der Waals surface area contributed by atoms with Crippen molar-refractivity contribution in [1.29, 1.82) is 0 Å². The topological polar surface area (TPSA) is 44.8 Å². The SMILES string of the molecule is COc1ccc(/C=C/C(=O)OCc2ccccc2Oc2ccccc2)cc1. The molecule has 136 valence electrons. The molecule has 3 aromatic rings. The van der Waals surface area contributed by atoms with Crippen LogP contribution >= 0.6 is 0 Å². The Hall–Kier alpha value is -3.53. The van der Waals surface area contributed by atoms with E-state index in [0.717, 1.165) is 22.6 Å². The van der Waals surface area contributed by atoms with Crippen LogP contribution in [-0.2, 0) is 16.1 Å². The number of ether oxygens (including phenoxy) is 3. The third kappa shape index (κ3) is 5.47. The normalized spacial score (nSPS) is 10.6. The molecule has 3 rings (SSSR count). The number of methoxy groups -OCH3 is 1. The smallest absolute Gasteiger partial charge is 0.331 e. The first-order chi connectivity index (χ1) is 13.2. The number of carbonyl (C=O) groups excluding carboxylic acids is 1. The fourth-order valence-electron chi connectivity index (χ4n) is 2.41. The standard InChI is InChI=1S/C23H20O4/c1-25-20-14-11-18(12-15-20)13-16-23(24)26-17-19-7-5-6-10-22(19)27-21-8-3-2-4-9-21/h2-16H,17H2,1H3/b16-13+. The fourth-order valence-corrected chi connectivity index (χ4v) is 2.41. The van der Waals surface area contributed by atoms with Gasteiger partial charge in [0.2, 0.25) is 0 Å². The van der Waals surface area contributed by atoms with Crippen LogP contribution < -0.4 is 9.47 Å². The van der Waals surface area contributed by atoms with Crippen LogP contribution in [0.5, 0.6) is 17.2 Å². The fraction of sp³-hybridized carbons (Fsp3) is 0.0870. The zero-order valence-corrected chi connectivity index (χ0v) is 15.0. The van der Waals surface area contributed by atoms with E-state index in [-0.39, 0.29) is 6.61 Å². The maximum Gasteiger partial charge on any atom is 0.331 e. The number of para-hydroxylation sites is 2. The third-order valence-electron chi connectivity index (χ3n) is 3.84. The van der Waals surface area contributed by atoms with Crippen LogP contribution in [0, 0.1) is 0 Å². The Morgan fingerprint density at radius 3 is 2.30 bits per heavy atom. The molecule has 0 heterocycles. The Bertz CT molecular complexity index is 899. The molecule has 0 spiro atoms. The number of benzene rings is 3. The second-order valence-corrected chi connectivity index (χ2v) is 5.74. The minimum atomic E-state index is -0.416. The van der Waals surface area contributed by atoms with Crippen LogP contribution in [0.4, 0.5) is 0 Å². The van der Waals surface area contributed by atoms with Gasteiger partial charge < -0.3 is 14.2 Å². The van der Waals surface area contributed by atoms with Crippen LogP contribution in [0.15, 0.2) is 84.9 Å². The molecule has 0 bridgehead atoms. The summed E-state index contributed by atoms with van der Waals surface area (Å²) in [4.78, 5) is 12.0. The summed E-state index contributed by atoms with van der Waals surface area (Å²) < 4.78 is 16.3. The quantitative estimate of drug-likeness (QED) is 0.427. The van der Waals surface area contributed by atoms with Gasteiger partial charge in [0.05, 0.1) is 7.11 Å². The van der Waals surface area contributed by atoms with Crippen LogP contribution in [-0.4, -0.2) is 13.1 Å². The van der Waals surface area contributed by atoms with Crippen molar-refractivity contribution in [2.24, 2.45) is 0 Å². The van der Waals surface area contributed by atoms with Crippen LogP contribution in [0.2, 0.25) is 0 Å². The number of rotatable bonds is 7. The lowest BCUT2D eigenvalue weighted by Crippen LogP contribution is -2.02. The number of carbonyl (C=O) groups is 1. The molecular weight excluding hydrogens is 340 g/mol. The highest BCUT2D eigenvalue weighted by Crippen LogP contribution is 2.25. The van der Waals surface area contributed by atoms with Gasteiger partial charge >= 0.3 is 5.97 Å². The van der Waals surface area contributed by atoms with Crippen molar-refractivity contribution >= 4 is 12.0 Å². The summed E-state index contributed by atoms with van der Waals surface area (Å²) in [6.07, 6.45) is 3.11. The zero-order valence-electron chi connectivity index (χ0n) is 15.0. The number of hydrogen-bond donors (Lipinski definition) is 0. The molecule has 0 N–H and O–H groups in total. The van der Waals surface area contributed by atoms with E-state index in [1.54, 1.807) is 13.2 Å². The Balaban J connectivity index is 1.59. The van der Waals surface area contributed by atoms with Gasteiger partial charge in [0.1, 0.15) is 23.9 Å². The number of hydrogen-bond acceptors (Lipinski definition) is 4. The van der Waals surface area contributed by atoms with Crippen molar-refractivity contribution < 1.29 is 19.0 Å². The Morgan fingerprint density at radius 2 is 1.56 bits per heavy atom. The minimum Gasteiger partial charge on any atom is -0.497 e. The van der Waals surface area contributed by atoms with Crippen molar-refractivity contribution in [2.45, 2.75) is 6.61 Å². The molecule has 0 atom stereocenters. The minimum absolute atomic E-state index is 0.134. The first-order valence-electron chi connectivity index (χ1n) is 8.54. The Kier molecular flexibility index (Phi) is 6.26. The van der Waals surface area contributed by atoms with Gasteiger partial charge in [-0.05, 0) is 42.0 Å². The van der Waals surface area contributed by atoms with Gasteiger partial charge in [-0.25, -0.2) is 4.79 Å². The number of esters is 1. The van der Waals surface area contributed by atoms with E-state index in [1.165, 1.54) is 6.08 Å². The van der Waals surface area contributed by atoms with Gasteiger partial charge in [0.25, 0.3) is 0 Å². The van der Waals surface area contributed by atoms with Gasteiger partial charge in [-0.15, -0.1) is 0 Å². The molecule has 0 saturated carbocycles. The van der Waals surface area contributed by atoms with Crippen LogP contribution in [0.25, 0.3) is 6.08 Å². The molecule has 0 aliphatic carbocycles. The Morgan fingerprint density at radius 1 is 0.852 bits per heavy atom. The van der Waals surface area contributed by atoms with Crippen LogP contribution in [0.3, 0.4) is 0 Å². The molecule has 0 unspecified atom stereocenters. The average Bonchev–Trinajstić information content (AvgIpc) is 2.73. The van der Waals surface area contributed by atoms with Crippen molar-refractivity contribution in [3.05, 3.63) is 96.1 Å². The van der Waals surface area contributed by atoms with Crippen molar-refractivity contribution in [2.75, 3.05) is 7.11 Å². The van der Waals surface area contributed by atoms with Crippen molar-refractivity contribution in [1.82, 2.24) is 0 Å². The van der Waals surface area contributed by atoms with E-state index in [1.807, 2.05) is 78.9 Å². The molecule has 0 amide bonds. The maximum absolute atomic E-state index is 12.0. The highest BCUT2D eigenvalue weighted by atomic mass is 16.5. The molecule has 0 radical (unpaired) electrons. The molecule has 0 aliphatic rings. The second kappa shape index (κ2) is 9.25. The molecule has 0 saturated heterocycles. The predicted molar refractivity (Wildman–Crippen MR) is 105 cm³/mol. The zero-order chi connectivity index (χ0) is 18.9. The summed E-state index contributed by atoms with van der Waals surface area (Å²) in [6, 6.07) is 24.4. The summed E-state index contributed by atoms with van der Waals surface area (Å²) in [6.45, 7) is 0.134. The first-order valence-corrected chi connectivity index (χ1v) is 8.54. The highest BCUT2D eigenvalue weighted by molar-refractivity contribution is 5.87. The van der Waals surface area contributed by atoms with E-state index in [0.29, 0.717) is 5.75 Å². The van der Waals surface area contributed by atoms with Gasteiger partial charge in [-0.2, -0.15) is 0 Å². The average molecular weight is 360 g/mol. The molecule has 0 fully saturated rings. The molecule has 0 aromatic heterocycles. The molecule has 4 heteroatoms. The molecule has 4 nitrogen and oxygen atoms in total. The van der Waals surface area contributed by atoms with Gasteiger partial charge in [-0.3, -0.25) is 0 Å². The predicted octanol–water partition coefficient (Wildman–Crippen LogP) is 5.24. The molecule has 0 aliphatic heterocycles. The largest absolute Gasteiger partial charge is 0.497 e. The lowest BCUT2D eigenvalue weighted by molar-refractivity contribution is -0.138. The van der Waals surface area contributed by atoms with Crippen molar-refractivity contribution in [3.63, 3.8) is 0 Å². The van der Waals surface area contributed by atoms with Crippen molar-refractivity contribution in [3.8, 4) is 17.2 Å². The maximum atomic E-state index is 12.0. The van der Waals surface area contributed by atoms with E-state index < -0.39 is 5.97 Å². The molecule has 3 aromatic carbocycles. The lowest BCUT2D eigenvalue weighted by atomic mass is 10.2. The van der Waals surface area contributed by atoms with Crippen LogP contribution in [0.1, 0.15) is 11.1 Å². The first kappa shape index (κ1) is 18.3. The van der Waals surface area contributed by atoms with Gasteiger partial charge in [0.15, 0.2) is 0 Å². The summed E-state index contributed by atoms with van der Waals surface area (Å²) in [5, 5.41) is 0. The summed E-state index contributed by atoms with van der Waals surface area (Å²) in [5.41, 5.74) is 1.69. The Labute approximate surface area is 158 Å². The summed E-state index contributed by atoms with van der Waals surface area (Å²) in [5.74, 6) is 1.75. The second-order valence-electron chi connectivity index (χ2n) is 5.74.